The van der Waals surface area contributed by atoms with Gasteiger partial charge in [-0.15, -0.1) is 0 Å². The van der Waals surface area contributed by atoms with Crippen molar-refractivity contribution in [1.82, 2.24) is 15.1 Å². The van der Waals surface area contributed by atoms with E-state index in [1.165, 1.54) is 6.07 Å². The van der Waals surface area contributed by atoms with Gasteiger partial charge in [-0.1, -0.05) is 18.2 Å². The van der Waals surface area contributed by atoms with Crippen LogP contribution in [-0.2, 0) is 19.6 Å². The Balaban J connectivity index is 2.01. The Bertz CT molecular complexity index is 607. The number of nitrogens with one attached hydrogen (secondary N) is 1. The molecule has 0 aliphatic carbocycles. The summed E-state index contributed by atoms with van der Waals surface area (Å²) in [5.74, 6) is 0. The summed E-state index contributed by atoms with van der Waals surface area (Å²) in [6.07, 6.45) is 0. The highest BCUT2D eigenvalue weighted by atomic mass is 16.6. The number of nitro benzene ring substituents is 1. The van der Waals surface area contributed by atoms with Crippen molar-refractivity contribution in [3.63, 3.8) is 0 Å². The second kappa shape index (κ2) is 6.29. The average Bonchev–Trinajstić information content (AvgIpc) is 2.79. The Morgan fingerprint density at radius 3 is 2.80 bits per heavy atom. The summed E-state index contributed by atoms with van der Waals surface area (Å²) in [5.41, 5.74) is 2.91. The van der Waals surface area contributed by atoms with Crippen LogP contribution >= 0.6 is 0 Å². The zero-order chi connectivity index (χ0) is 14.5. The van der Waals surface area contributed by atoms with Crippen molar-refractivity contribution in [2.75, 3.05) is 0 Å². The van der Waals surface area contributed by atoms with Gasteiger partial charge in [0.15, 0.2) is 0 Å². The minimum Gasteiger partial charge on any atom is -0.307 e. The molecule has 0 saturated carbocycles. The van der Waals surface area contributed by atoms with Crippen LogP contribution in [0.4, 0.5) is 5.69 Å². The van der Waals surface area contributed by atoms with Crippen molar-refractivity contribution in [1.29, 1.82) is 0 Å². The molecule has 106 valence electrons. The summed E-state index contributed by atoms with van der Waals surface area (Å²) in [6.45, 7) is 5.91. The van der Waals surface area contributed by atoms with Crippen LogP contribution in [0.2, 0.25) is 0 Å². The first-order chi connectivity index (χ1) is 9.61. The summed E-state index contributed by atoms with van der Waals surface area (Å²) >= 11 is 0. The van der Waals surface area contributed by atoms with E-state index in [0.29, 0.717) is 18.7 Å². The Kier molecular flexibility index (Phi) is 4.47. The molecule has 0 radical (unpaired) electrons. The number of nitro groups is 1. The smallest absolute Gasteiger partial charge is 0.273 e. The Morgan fingerprint density at radius 2 is 2.10 bits per heavy atom. The highest BCUT2D eigenvalue weighted by Crippen LogP contribution is 2.17. The van der Waals surface area contributed by atoms with Gasteiger partial charge in [0.1, 0.15) is 0 Å². The number of aromatic nitrogens is 2. The zero-order valence-corrected chi connectivity index (χ0v) is 11.7. The first kappa shape index (κ1) is 14.2. The van der Waals surface area contributed by atoms with Crippen molar-refractivity contribution in [3.8, 4) is 0 Å². The molecule has 0 amide bonds. The van der Waals surface area contributed by atoms with Gasteiger partial charge in [0.25, 0.3) is 5.69 Å². The fourth-order valence-corrected chi connectivity index (χ4v) is 2.18. The lowest BCUT2D eigenvalue weighted by atomic mass is 10.2. The number of hydrogen-bond acceptors (Lipinski definition) is 4. The Hall–Kier alpha value is -2.21. The lowest BCUT2D eigenvalue weighted by Gasteiger charge is -2.07. The summed E-state index contributed by atoms with van der Waals surface area (Å²) in [7, 11) is 0. The van der Waals surface area contributed by atoms with E-state index >= 15 is 0 Å². The molecule has 1 N–H and O–H groups in total. The first-order valence-corrected chi connectivity index (χ1v) is 6.58. The topological polar surface area (TPSA) is 73.0 Å². The molecule has 0 unspecified atom stereocenters. The predicted molar refractivity (Wildman–Crippen MR) is 76.3 cm³/mol. The van der Waals surface area contributed by atoms with Gasteiger partial charge < -0.3 is 5.32 Å². The number of hydrogen-bond donors (Lipinski definition) is 1. The monoisotopic (exact) mass is 274 g/mol. The van der Waals surface area contributed by atoms with Crippen molar-refractivity contribution in [2.45, 2.75) is 33.5 Å². The van der Waals surface area contributed by atoms with E-state index in [-0.39, 0.29) is 10.6 Å². The number of rotatable bonds is 6. The van der Waals surface area contributed by atoms with Gasteiger partial charge in [0, 0.05) is 31.3 Å². The molecule has 0 saturated heterocycles. The summed E-state index contributed by atoms with van der Waals surface area (Å²) in [5, 5.41) is 18.5. The molecule has 1 aromatic carbocycles. The highest BCUT2D eigenvalue weighted by molar-refractivity contribution is 5.39. The van der Waals surface area contributed by atoms with Gasteiger partial charge in [0.05, 0.1) is 16.3 Å². The van der Waals surface area contributed by atoms with Crippen LogP contribution in [0.5, 0.6) is 0 Å². The molecule has 1 aromatic heterocycles. The second-order valence-electron chi connectivity index (χ2n) is 4.58. The van der Waals surface area contributed by atoms with Crippen molar-refractivity contribution >= 4 is 5.69 Å². The molecule has 0 spiro atoms. The van der Waals surface area contributed by atoms with Gasteiger partial charge in [0.2, 0.25) is 0 Å². The molecule has 0 aliphatic heterocycles. The number of benzene rings is 1. The third-order valence-electron chi connectivity index (χ3n) is 3.09. The van der Waals surface area contributed by atoms with Crippen LogP contribution < -0.4 is 5.32 Å². The van der Waals surface area contributed by atoms with Crippen LogP contribution in [0, 0.1) is 17.0 Å². The average molecular weight is 274 g/mol. The van der Waals surface area contributed by atoms with E-state index in [1.807, 2.05) is 30.7 Å². The molecule has 0 aliphatic rings. The van der Waals surface area contributed by atoms with Crippen molar-refractivity contribution in [3.05, 3.63) is 57.4 Å². The van der Waals surface area contributed by atoms with Gasteiger partial charge in [-0.05, 0) is 19.9 Å². The molecule has 1 heterocycles. The summed E-state index contributed by atoms with van der Waals surface area (Å²) in [4.78, 5) is 10.6. The molecule has 2 aromatic rings. The molecular weight excluding hydrogens is 256 g/mol. The predicted octanol–water partition coefficient (Wildman–Crippen LogP) is 2.41. The first-order valence-electron chi connectivity index (χ1n) is 6.58. The largest absolute Gasteiger partial charge is 0.307 e. The van der Waals surface area contributed by atoms with Crippen molar-refractivity contribution < 1.29 is 4.92 Å². The SMILES string of the molecule is CCn1nc(C)cc1CNCc1ccccc1[N+](=O)[O-]. The maximum absolute atomic E-state index is 10.9. The van der Waals surface area contributed by atoms with E-state index in [9.17, 15) is 10.1 Å². The van der Waals surface area contributed by atoms with Crippen LogP contribution in [0.15, 0.2) is 30.3 Å². The van der Waals surface area contributed by atoms with E-state index in [2.05, 4.69) is 10.4 Å². The molecule has 0 bridgehead atoms. The molecule has 0 fully saturated rings. The molecular formula is C14H18N4O2. The third-order valence-corrected chi connectivity index (χ3v) is 3.09. The van der Waals surface area contributed by atoms with Gasteiger partial charge >= 0.3 is 0 Å². The number of nitrogens with zero attached hydrogens (tertiary/aromatic N) is 3. The van der Waals surface area contributed by atoms with E-state index in [0.717, 1.165) is 17.9 Å². The maximum Gasteiger partial charge on any atom is 0.273 e. The molecule has 0 atom stereocenters. The fourth-order valence-electron chi connectivity index (χ4n) is 2.18. The minimum absolute atomic E-state index is 0.153. The molecule has 2 rings (SSSR count). The Morgan fingerprint density at radius 1 is 1.35 bits per heavy atom. The summed E-state index contributed by atoms with van der Waals surface area (Å²) < 4.78 is 1.93. The normalized spacial score (nSPS) is 10.7. The highest BCUT2D eigenvalue weighted by Gasteiger charge is 2.12. The zero-order valence-electron chi connectivity index (χ0n) is 11.7. The maximum atomic E-state index is 10.9. The molecule has 20 heavy (non-hydrogen) atoms. The lowest BCUT2D eigenvalue weighted by molar-refractivity contribution is -0.385. The minimum atomic E-state index is -0.350. The molecule has 6 heteroatoms. The van der Waals surface area contributed by atoms with E-state index in [1.54, 1.807) is 12.1 Å². The van der Waals surface area contributed by atoms with Gasteiger partial charge in [-0.3, -0.25) is 14.8 Å². The fraction of sp³-hybridized carbons (Fsp3) is 0.357. The number of aryl methyl sites for hydroxylation is 2. The van der Waals surface area contributed by atoms with Gasteiger partial charge in [-0.2, -0.15) is 5.10 Å². The second-order valence-corrected chi connectivity index (χ2v) is 4.58. The quantitative estimate of drug-likeness (QED) is 0.648. The number of para-hydroxylation sites is 1. The van der Waals surface area contributed by atoms with Gasteiger partial charge in [-0.25, -0.2) is 0 Å². The van der Waals surface area contributed by atoms with Crippen LogP contribution in [0.1, 0.15) is 23.9 Å². The van der Waals surface area contributed by atoms with Crippen LogP contribution in [0.25, 0.3) is 0 Å². The Labute approximate surface area is 117 Å². The summed E-state index contributed by atoms with van der Waals surface area (Å²) in [6, 6.07) is 8.81. The third kappa shape index (κ3) is 3.21. The van der Waals surface area contributed by atoms with Crippen LogP contribution in [-0.4, -0.2) is 14.7 Å². The molecule has 6 nitrogen and oxygen atoms in total. The van der Waals surface area contributed by atoms with E-state index < -0.39 is 0 Å². The van der Waals surface area contributed by atoms with Crippen LogP contribution in [0.3, 0.4) is 0 Å². The van der Waals surface area contributed by atoms with E-state index in [4.69, 9.17) is 0 Å². The van der Waals surface area contributed by atoms with Crippen molar-refractivity contribution in [2.24, 2.45) is 0 Å². The standard InChI is InChI=1S/C14H18N4O2/c1-3-17-13(8-11(2)16-17)10-15-9-12-6-4-5-7-14(12)18(19)20/h4-8,15H,3,9-10H2,1-2H3. The lowest BCUT2D eigenvalue weighted by Crippen LogP contribution is -2.16.